The van der Waals surface area contributed by atoms with Gasteiger partial charge in [-0.05, 0) is 59.6 Å². The molecule has 7 nitrogen and oxygen atoms in total. The van der Waals surface area contributed by atoms with Gasteiger partial charge in [0, 0.05) is 28.8 Å². The molecule has 0 aliphatic carbocycles. The van der Waals surface area contributed by atoms with Gasteiger partial charge in [0.05, 0.1) is 33.1 Å². The van der Waals surface area contributed by atoms with Crippen LogP contribution >= 0.6 is 12.2 Å². The van der Waals surface area contributed by atoms with Crippen molar-refractivity contribution in [3.8, 4) is 23.0 Å². The Balaban J connectivity index is 1.58. The van der Waals surface area contributed by atoms with Crippen LogP contribution in [-0.4, -0.2) is 36.6 Å². The minimum absolute atomic E-state index is 0.102. The lowest BCUT2D eigenvalue weighted by atomic mass is 9.97. The van der Waals surface area contributed by atoms with Gasteiger partial charge in [0.15, 0.2) is 5.11 Å². The number of anilines is 1. The average Bonchev–Trinajstić information content (AvgIpc) is 3.37. The third-order valence-electron chi connectivity index (χ3n) is 6.33. The van der Waals surface area contributed by atoms with Gasteiger partial charge in [-0.2, -0.15) is 0 Å². The molecule has 0 fully saturated rings. The average molecular weight is 514 g/mol. The maximum Gasteiger partial charge on any atom is 0.193 e. The van der Waals surface area contributed by atoms with Gasteiger partial charge in [0.25, 0.3) is 0 Å². The van der Waals surface area contributed by atoms with Gasteiger partial charge in [0.1, 0.15) is 23.0 Å². The summed E-state index contributed by atoms with van der Waals surface area (Å²) in [5.41, 5.74) is 6.59. The van der Waals surface area contributed by atoms with Gasteiger partial charge in [-0.1, -0.05) is 36.4 Å². The molecule has 1 unspecified atom stereocenters. The van der Waals surface area contributed by atoms with Crippen LogP contribution in [0, 0.1) is 0 Å². The van der Waals surface area contributed by atoms with Crippen LogP contribution in [0.5, 0.6) is 23.0 Å². The molecule has 8 heteroatoms. The number of thiocarbonyl (C=S) groups is 1. The first-order valence-corrected chi connectivity index (χ1v) is 12.1. The van der Waals surface area contributed by atoms with Gasteiger partial charge >= 0.3 is 0 Å². The van der Waals surface area contributed by atoms with E-state index >= 15 is 0 Å². The number of phenols is 1. The lowest BCUT2D eigenvalue weighted by molar-refractivity contribution is 0.348. The van der Waals surface area contributed by atoms with Gasteiger partial charge in [-0.15, -0.1) is 0 Å². The summed E-state index contributed by atoms with van der Waals surface area (Å²) in [6.07, 6.45) is 2.05. The molecule has 1 atom stereocenters. The second-order valence-electron chi connectivity index (χ2n) is 8.45. The summed E-state index contributed by atoms with van der Waals surface area (Å²) in [6, 6.07) is 24.6. The number of methoxy groups -OCH3 is 3. The fourth-order valence-corrected chi connectivity index (χ4v) is 4.78. The van der Waals surface area contributed by atoms with E-state index in [1.54, 1.807) is 27.4 Å². The first-order chi connectivity index (χ1) is 18.0. The van der Waals surface area contributed by atoms with Crippen LogP contribution in [0.25, 0.3) is 16.5 Å². The van der Waals surface area contributed by atoms with Crippen LogP contribution in [0.3, 0.4) is 0 Å². The number of hydrazine groups is 1. The molecule has 5 rings (SSSR count). The number of fused-ring (bicyclic) bond motifs is 1. The summed E-state index contributed by atoms with van der Waals surface area (Å²) in [6.45, 7) is 0. The Kier molecular flexibility index (Phi) is 6.74. The zero-order valence-electron chi connectivity index (χ0n) is 20.7. The van der Waals surface area contributed by atoms with Crippen molar-refractivity contribution in [1.82, 2.24) is 10.4 Å². The smallest absolute Gasteiger partial charge is 0.193 e. The van der Waals surface area contributed by atoms with Crippen LogP contribution < -0.4 is 25.0 Å². The van der Waals surface area contributed by atoms with Gasteiger partial charge in [0.2, 0.25) is 0 Å². The lowest BCUT2D eigenvalue weighted by Crippen LogP contribution is -2.42. The number of hydrogen-bond acceptors (Lipinski definition) is 6. The molecule has 0 bridgehead atoms. The van der Waals surface area contributed by atoms with E-state index < -0.39 is 0 Å². The maximum atomic E-state index is 10.7. The van der Waals surface area contributed by atoms with Gasteiger partial charge < -0.3 is 24.6 Å². The molecule has 1 aliphatic heterocycles. The fourth-order valence-electron chi connectivity index (χ4n) is 4.51. The van der Waals surface area contributed by atoms with E-state index in [9.17, 15) is 5.11 Å². The molecule has 3 N–H and O–H groups in total. The van der Waals surface area contributed by atoms with Crippen LogP contribution in [0.1, 0.15) is 17.2 Å². The molecule has 0 saturated heterocycles. The standard InChI is InChI=1S/C29H27N3O4S/c1-34-19-8-6-7-18(15-19)30-29(37)32-26(17-25(31-32)24-12-11-20(35-2)16-27(24)33)22-13-14-28(36-3)23-10-5-4-9-21(22)23/h4-17,26,31,33H,1-3H3,(H,30,37). The first kappa shape index (κ1) is 24.3. The zero-order chi connectivity index (χ0) is 25.9. The number of rotatable bonds is 6. The molecule has 4 aromatic rings. The van der Waals surface area contributed by atoms with Crippen molar-refractivity contribution >= 4 is 39.5 Å². The largest absolute Gasteiger partial charge is 0.507 e. The SMILES string of the molecule is COc1cccc(NC(=S)N2NC(c3ccc(OC)cc3O)=CC2c2ccc(OC)c3ccccc23)c1. The van der Waals surface area contributed by atoms with E-state index in [4.69, 9.17) is 26.4 Å². The van der Waals surface area contributed by atoms with E-state index in [2.05, 4.69) is 22.9 Å². The molecule has 0 radical (unpaired) electrons. The number of benzene rings is 4. The Morgan fingerprint density at radius 1 is 0.865 bits per heavy atom. The first-order valence-electron chi connectivity index (χ1n) is 11.7. The number of aromatic hydroxyl groups is 1. The summed E-state index contributed by atoms with van der Waals surface area (Å²) < 4.78 is 16.2. The Morgan fingerprint density at radius 3 is 2.35 bits per heavy atom. The monoisotopic (exact) mass is 513 g/mol. The maximum absolute atomic E-state index is 10.7. The highest BCUT2D eigenvalue weighted by atomic mass is 32.1. The van der Waals surface area contributed by atoms with Gasteiger partial charge in [-0.25, -0.2) is 0 Å². The van der Waals surface area contributed by atoms with Crippen molar-refractivity contribution in [2.24, 2.45) is 0 Å². The highest BCUT2D eigenvalue weighted by Gasteiger charge is 2.31. The van der Waals surface area contributed by atoms with Crippen molar-refractivity contribution < 1.29 is 19.3 Å². The van der Waals surface area contributed by atoms with Crippen molar-refractivity contribution in [3.63, 3.8) is 0 Å². The number of nitrogens with zero attached hydrogens (tertiary/aromatic N) is 1. The van der Waals surface area contributed by atoms with Crippen LogP contribution in [-0.2, 0) is 0 Å². The summed E-state index contributed by atoms with van der Waals surface area (Å²) >= 11 is 5.87. The number of phenolic OH excluding ortho intramolecular Hbond substituents is 1. The molecular formula is C29H27N3O4S. The molecular weight excluding hydrogens is 486 g/mol. The van der Waals surface area contributed by atoms with Crippen LogP contribution in [0.15, 0.2) is 84.9 Å². The summed E-state index contributed by atoms with van der Waals surface area (Å²) in [5.74, 6) is 2.20. The van der Waals surface area contributed by atoms with Crippen molar-refractivity contribution in [3.05, 3.63) is 96.1 Å². The number of nitrogens with one attached hydrogen (secondary N) is 2. The predicted octanol–water partition coefficient (Wildman–Crippen LogP) is 5.87. The van der Waals surface area contributed by atoms with E-state index in [0.717, 1.165) is 39.2 Å². The summed E-state index contributed by atoms with van der Waals surface area (Å²) in [5, 5.41) is 18.4. The Labute approximate surface area is 220 Å². The summed E-state index contributed by atoms with van der Waals surface area (Å²) in [7, 11) is 4.86. The van der Waals surface area contributed by atoms with E-state index in [0.29, 0.717) is 16.4 Å². The molecule has 37 heavy (non-hydrogen) atoms. The van der Waals surface area contributed by atoms with E-state index in [1.807, 2.05) is 71.7 Å². The fraction of sp³-hybridized carbons (Fsp3) is 0.138. The zero-order valence-corrected chi connectivity index (χ0v) is 21.5. The van der Waals surface area contributed by atoms with E-state index in [1.165, 1.54) is 0 Å². The quantitative estimate of drug-likeness (QED) is 0.277. The van der Waals surface area contributed by atoms with Crippen molar-refractivity contribution in [2.45, 2.75) is 6.04 Å². The lowest BCUT2D eigenvalue weighted by Gasteiger charge is -2.29. The van der Waals surface area contributed by atoms with Crippen molar-refractivity contribution in [2.75, 3.05) is 26.6 Å². The Bertz CT molecular complexity index is 1500. The third-order valence-corrected chi connectivity index (χ3v) is 6.63. The minimum atomic E-state index is -0.280. The molecule has 0 spiro atoms. The molecule has 4 aromatic carbocycles. The molecule has 1 heterocycles. The van der Waals surface area contributed by atoms with Gasteiger partial charge in [-0.3, -0.25) is 10.4 Å². The Hall–Kier alpha value is -4.43. The molecule has 0 amide bonds. The van der Waals surface area contributed by atoms with Crippen LogP contribution in [0.2, 0.25) is 0 Å². The molecule has 188 valence electrons. The van der Waals surface area contributed by atoms with E-state index in [-0.39, 0.29) is 11.8 Å². The second kappa shape index (κ2) is 10.3. The third kappa shape index (κ3) is 4.71. The Morgan fingerprint density at radius 2 is 1.62 bits per heavy atom. The summed E-state index contributed by atoms with van der Waals surface area (Å²) in [4.78, 5) is 0. The number of ether oxygens (including phenoxy) is 3. The molecule has 1 aliphatic rings. The highest BCUT2D eigenvalue weighted by Crippen LogP contribution is 2.40. The topological polar surface area (TPSA) is 75.2 Å². The van der Waals surface area contributed by atoms with Crippen LogP contribution in [0.4, 0.5) is 5.69 Å². The number of hydrogen-bond donors (Lipinski definition) is 3. The second-order valence-corrected chi connectivity index (χ2v) is 8.84. The molecule has 0 saturated carbocycles. The predicted molar refractivity (Wildman–Crippen MR) is 150 cm³/mol. The highest BCUT2D eigenvalue weighted by molar-refractivity contribution is 7.80. The molecule has 0 aromatic heterocycles. The normalized spacial score (nSPS) is 14.6. The minimum Gasteiger partial charge on any atom is -0.507 e. The van der Waals surface area contributed by atoms with Crippen molar-refractivity contribution in [1.29, 1.82) is 0 Å².